The highest BCUT2D eigenvalue weighted by Crippen LogP contribution is 2.32. The van der Waals surface area contributed by atoms with E-state index in [4.69, 9.17) is 15.2 Å². The highest BCUT2D eigenvalue weighted by Gasteiger charge is 2.24. The molecule has 0 saturated carbocycles. The Bertz CT molecular complexity index is 982. The summed E-state index contributed by atoms with van der Waals surface area (Å²) >= 11 is 0. The van der Waals surface area contributed by atoms with Crippen LogP contribution in [0.5, 0.6) is 5.75 Å². The number of rotatable bonds is 8. The first-order chi connectivity index (χ1) is 16.0. The van der Waals surface area contributed by atoms with Crippen LogP contribution in [0.3, 0.4) is 0 Å². The van der Waals surface area contributed by atoms with Crippen LogP contribution in [0.2, 0.25) is 0 Å². The second-order valence-electron chi connectivity index (χ2n) is 8.01. The molecular weight excluding hydrogens is 416 g/mol. The van der Waals surface area contributed by atoms with E-state index in [1.807, 2.05) is 41.3 Å². The molecule has 2 amide bonds. The quantitative estimate of drug-likeness (QED) is 0.580. The van der Waals surface area contributed by atoms with Gasteiger partial charge in [0.1, 0.15) is 5.75 Å². The lowest BCUT2D eigenvalue weighted by Gasteiger charge is -2.37. The molecule has 1 heterocycles. The van der Waals surface area contributed by atoms with Gasteiger partial charge in [-0.3, -0.25) is 0 Å². The molecule has 3 rings (SSSR count). The van der Waals surface area contributed by atoms with E-state index < -0.39 is 0 Å². The van der Waals surface area contributed by atoms with Crippen molar-refractivity contribution >= 4 is 17.5 Å². The number of nitrogens with one attached hydrogen (secondary N) is 1. The summed E-state index contributed by atoms with van der Waals surface area (Å²) in [5.41, 5.74) is 8.66. The molecule has 2 aromatic rings. The SMILES string of the molecule is C=C(C)O/C(=C\N)c1ccc(N2CCN(C(=O)NC(CC)c3ccccc3)CC2)cc1OC. The third kappa shape index (κ3) is 6.00. The molecular formula is C26H34N4O3. The first-order valence-electron chi connectivity index (χ1n) is 11.3. The lowest BCUT2D eigenvalue weighted by Crippen LogP contribution is -2.52. The number of methoxy groups -OCH3 is 1. The van der Waals surface area contributed by atoms with Crippen LogP contribution in [-0.4, -0.2) is 44.2 Å². The zero-order valence-electron chi connectivity index (χ0n) is 19.7. The molecule has 1 unspecified atom stereocenters. The Hall–Kier alpha value is -3.61. The zero-order valence-corrected chi connectivity index (χ0v) is 19.7. The van der Waals surface area contributed by atoms with Gasteiger partial charge >= 0.3 is 6.03 Å². The fourth-order valence-corrected chi connectivity index (χ4v) is 3.96. The maximum atomic E-state index is 12.9. The van der Waals surface area contributed by atoms with Crippen LogP contribution in [0.1, 0.15) is 37.4 Å². The van der Waals surface area contributed by atoms with Crippen molar-refractivity contribution in [2.24, 2.45) is 5.73 Å². The summed E-state index contributed by atoms with van der Waals surface area (Å²) in [5, 5.41) is 3.18. The van der Waals surface area contributed by atoms with Gasteiger partial charge in [-0.1, -0.05) is 43.8 Å². The Morgan fingerprint density at radius 2 is 1.88 bits per heavy atom. The Morgan fingerprint density at radius 1 is 1.18 bits per heavy atom. The molecule has 1 saturated heterocycles. The number of hydrogen-bond donors (Lipinski definition) is 2. The van der Waals surface area contributed by atoms with E-state index in [1.165, 1.54) is 6.20 Å². The molecule has 0 aromatic heterocycles. The summed E-state index contributed by atoms with van der Waals surface area (Å²) in [6.07, 6.45) is 2.25. The Balaban J connectivity index is 1.63. The van der Waals surface area contributed by atoms with Crippen molar-refractivity contribution in [2.45, 2.75) is 26.3 Å². The number of amides is 2. The fourth-order valence-electron chi connectivity index (χ4n) is 3.96. The summed E-state index contributed by atoms with van der Waals surface area (Å²) in [4.78, 5) is 17.0. The van der Waals surface area contributed by atoms with Gasteiger partial charge in [-0.2, -0.15) is 0 Å². The summed E-state index contributed by atoms with van der Waals surface area (Å²) in [7, 11) is 1.62. The molecule has 1 fully saturated rings. The van der Waals surface area contributed by atoms with Gasteiger partial charge in [0.05, 0.1) is 24.5 Å². The van der Waals surface area contributed by atoms with Gasteiger partial charge < -0.3 is 30.3 Å². The third-order valence-corrected chi connectivity index (χ3v) is 5.73. The summed E-state index contributed by atoms with van der Waals surface area (Å²) < 4.78 is 11.2. The van der Waals surface area contributed by atoms with Gasteiger partial charge in [0.25, 0.3) is 0 Å². The van der Waals surface area contributed by atoms with Gasteiger partial charge in [0, 0.05) is 44.1 Å². The highest BCUT2D eigenvalue weighted by atomic mass is 16.5. The minimum atomic E-state index is -0.0204. The van der Waals surface area contributed by atoms with Crippen molar-refractivity contribution in [2.75, 3.05) is 38.2 Å². The first kappa shape index (κ1) is 24.0. The number of hydrogen-bond acceptors (Lipinski definition) is 5. The minimum Gasteiger partial charge on any atom is -0.496 e. The van der Waals surface area contributed by atoms with Gasteiger partial charge in [-0.05, 0) is 31.0 Å². The van der Waals surface area contributed by atoms with E-state index in [2.05, 4.69) is 35.9 Å². The lowest BCUT2D eigenvalue weighted by molar-refractivity contribution is 0.190. The van der Waals surface area contributed by atoms with Crippen molar-refractivity contribution < 1.29 is 14.3 Å². The molecule has 7 nitrogen and oxygen atoms in total. The Labute approximate surface area is 196 Å². The molecule has 176 valence electrons. The van der Waals surface area contributed by atoms with E-state index in [9.17, 15) is 4.79 Å². The lowest BCUT2D eigenvalue weighted by atomic mass is 10.1. The van der Waals surface area contributed by atoms with Crippen molar-refractivity contribution in [3.63, 3.8) is 0 Å². The number of nitrogens with zero attached hydrogens (tertiary/aromatic N) is 2. The van der Waals surface area contributed by atoms with Gasteiger partial charge in [0.15, 0.2) is 5.76 Å². The molecule has 7 heteroatoms. The number of allylic oxidation sites excluding steroid dienone is 1. The normalized spacial score (nSPS) is 15.1. The number of carbonyl (C=O) groups is 1. The van der Waals surface area contributed by atoms with Gasteiger partial charge in [-0.25, -0.2) is 4.79 Å². The minimum absolute atomic E-state index is 0.0137. The maximum absolute atomic E-state index is 12.9. The first-order valence-corrected chi connectivity index (χ1v) is 11.3. The molecule has 33 heavy (non-hydrogen) atoms. The standard InChI is InChI=1S/C26H34N4O3/c1-5-23(20-9-7-6-8-10-20)28-26(31)30-15-13-29(14-16-30)21-11-12-22(24(17-21)32-4)25(18-27)33-19(2)3/h6-12,17-18,23H,2,5,13-16,27H2,1,3-4H3,(H,28,31)/b25-18-. The number of carbonyl (C=O) groups excluding carboxylic acids is 1. The second-order valence-corrected chi connectivity index (χ2v) is 8.01. The van der Waals surface area contributed by atoms with Crippen molar-refractivity contribution in [1.29, 1.82) is 0 Å². The van der Waals surface area contributed by atoms with E-state index in [0.717, 1.165) is 36.3 Å². The van der Waals surface area contributed by atoms with E-state index in [-0.39, 0.29) is 12.1 Å². The molecule has 2 aromatic carbocycles. The largest absolute Gasteiger partial charge is 0.496 e. The number of anilines is 1. The van der Waals surface area contributed by atoms with E-state index in [1.54, 1.807) is 14.0 Å². The van der Waals surface area contributed by atoms with E-state index in [0.29, 0.717) is 30.4 Å². The summed E-state index contributed by atoms with van der Waals surface area (Å²) in [6, 6.07) is 16.0. The molecule has 1 aliphatic heterocycles. The van der Waals surface area contributed by atoms with Crippen molar-refractivity contribution in [3.05, 3.63) is 78.2 Å². The molecule has 0 bridgehead atoms. The summed E-state index contributed by atoms with van der Waals surface area (Å²) in [6.45, 7) is 10.4. The molecule has 0 radical (unpaired) electrons. The number of benzene rings is 2. The number of piperazine rings is 1. The molecule has 3 N–H and O–H groups in total. The number of urea groups is 1. The number of ether oxygens (including phenoxy) is 2. The average Bonchev–Trinajstić information content (AvgIpc) is 2.85. The van der Waals surface area contributed by atoms with E-state index >= 15 is 0 Å². The molecule has 0 aliphatic carbocycles. The van der Waals surface area contributed by atoms with Crippen LogP contribution in [0.25, 0.3) is 5.76 Å². The highest BCUT2D eigenvalue weighted by molar-refractivity contribution is 5.75. The van der Waals surface area contributed by atoms with Crippen LogP contribution < -0.4 is 20.7 Å². The Morgan fingerprint density at radius 3 is 2.45 bits per heavy atom. The summed E-state index contributed by atoms with van der Waals surface area (Å²) in [5.74, 6) is 1.71. The predicted molar refractivity (Wildman–Crippen MR) is 133 cm³/mol. The van der Waals surface area contributed by atoms with Crippen molar-refractivity contribution in [3.8, 4) is 5.75 Å². The van der Waals surface area contributed by atoms with Crippen molar-refractivity contribution in [1.82, 2.24) is 10.2 Å². The molecule has 0 spiro atoms. The van der Waals surface area contributed by atoms with Crippen LogP contribution in [0.4, 0.5) is 10.5 Å². The predicted octanol–water partition coefficient (Wildman–Crippen LogP) is 4.49. The van der Waals surface area contributed by atoms with Gasteiger partial charge in [0.2, 0.25) is 0 Å². The maximum Gasteiger partial charge on any atom is 0.318 e. The average molecular weight is 451 g/mol. The molecule has 1 atom stereocenters. The number of nitrogens with two attached hydrogens (primary N) is 1. The Kier molecular flexibility index (Phi) is 8.24. The third-order valence-electron chi connectivity index (χ3n) is 5.73. The van der Waals surface area contributed by atoms with Crippen LogP contribution in [0, 0.1) is 0 Å². The van der Waals surface area contributed by atoms with Gasteiger partial charge in [-0.15, -0.1) is 0 Å². The zero-order chi connectivity index (χ0) is 23.8. The van der Waals surface area contributed by atoms with Crippen LogP contribution in [-0.2, 0) is 4.74 Å². The van der Waals surface area contributed by atoms with Crippen LogP contribution in [0.15, 0.2) is 67.1 Å². The monoisotopic (exact) mass is 450 g/mol. The fraction of sp³-hybridized carbons (Fsp3) is 0.346. The smallest absolute Gasteiger partial charge is 0.318 e. The topological polar surface area (TPSA) is 80.1 Å². The molecule has 1 aliphatic rings. The second kappa shape index (κ2) is 11.3. The van der Waals surface area contributed by atoms with Crippen LogP contribution >= 0.6 is 0 Å².